The van der Waals surface area contributed by atoms with Gasteiger partial charge in [0, 0.05) is 12.6 Å². The monoisotopic (exact) mass is 268 g/mol. The first-order valence-corrected chi connectivity index (χ1v) is 6.44. The third-order valence-corrected chi connectivity index (χ3v) is 3.50. The van der Waals surface area contributed by atoms with Crippen molar-refractivity contribution in [3.05, 3.63) is 59.9 Å². The van der Waals surface area contributed by atoms with Gasteiger partial charge >= 0.3 is 0 Å². The molecule has 1 N–H and O–H groups in total. The van der Waals surface area contributed by atoms with Crippen molar-refractivity contribution in [2.75, 3.05) is 7.11 Å². The molecule has 0 spiro atoms. The van der Waals surface area contributed by atoms with Crippen LogP contribution in [0.25, 0.3) is 11.0 Å². The number of methoxy groups -OCH3 is 1. The second-order valence-electron chi connectivity index (χ2n) is 4.66. The van der Waals surface area contributed by atoms with Gasteiger partial charge in [-0.1, -0.05) is 30.3 Å². The van der Waals surface area contributed by atoms with Crippen molar-refractivity contribution in [1.82, 2.24) is 9.55 Å². The number of ether oxygens (including phenoxy) is 1. The van der Waals surface area contributed by atoms with E-state index in [0.717, 1.165) is 11.0 Å². The molecule has 0 fully saturated rings. The molecule has 0 radical (unpaired) electrons. The second-order valence-corrected chi connectivity index (χ2v) is 4.66. The molecule has 2 aromatic carbocycles. The lowest BCUT2D eigenvalue weighted by molar-refractivity contribution is 0.202. The van der Waals surface area contributed by atoms with E-state index in [1.165, 1.54) is 0 Å². The Bertz CT molecular complexity index is 749. The molecule has 0 amide bonds. The summed E-state index contributed by atoms with van der Waals surface area (Å²) < 4.78 is 7.21. The van der Waals surface area contributed by atoms with Crippen molar-refractivity contribution in [1.29, 1.82) is 0 Å². The molecule has 0 unspecified atom stereocenters. The van der Waals surface area contributed by atoms with Crippen LogP contribution in [0.2, 0.25) is 0 Å². The number of hydrogen-bond donors (Lipinski definition) is 1. The molecular formula is C16H16N2O2. The van der Waals surface area contributed by atoms with Crippen LogP contribution >= 0.6 is 0 Å². The minimum atomic E-state index is -0.816. The lowest BCUT2D eigenvalue weighted by Crippen LogP contribution is -2.08. The fourth-order valence-corrected chi connectivity index (χ4v) is 2.44. The summed E-state index contributed by atoms with van der Waals surface area (Å²) in [5, 5.41) is 10.6. The summed E-state index contributed by atoms with van der Waals surface area (Å²) in [6.45, 7) is 0. The van der Waals surface area contributed by atoms with E-state index < -0.39 is 6.10 Å². The van der Waals surface area contributed by atoms with Crippen molar-refractivity contribution in [2.24, 2.45) is 7.05 Å². The van der Waals surface area contributed by atoms with Crippen LogP contribution in [0, 0.1) is 0 Å². The van der Waals surface area contributed by atoms with E-state index >= 15 is 0 Å². The van der Waals surface area contributed by atoms with Gasteiger partial charge in [-0.05, 0) is 18.2 Å². The predicted octanol–water partition coefficient (Wildman–Crippen LogP) is 2.66. The smallest absolute Gasteiger partial charge is 0.143 e. The number of imidazole rings is 1. The summed E-state index contributed by atoms with van der Waals surface area (Å²) in [6.07, 6.45) is -0.816. The summed E-state index contributed by atoms with van der Waals surface area (Å²) >= 11 is 0. The Morgan fingerprint density at radius 1 is 1.10 bits per heavy atom. The highest BCUT2D eigenvalue weighted by Crippen LogP contribution is 2.30. The van der Waals surface area contributed by atoms with Gasteiger partial charge in [0.1, 0.15) is 17.7 Å². The molecule has 0 saturated carbocycles. The molecule has 102 valence electrons. The third kappa shape index (κ3) is 1.94. The van der Waals surface area contributed by atoms with Crippen LogP contribution in [0.5, 0.6) is 5.75 Å². The molecule has 0 saturated heterocycles. The fraction of sp³-hybridized carbons (Fsp3) is 0.188. The molecule has 1 aromatic heterocycles. The van der Waals surface area contributed by atoms with E-state index in [9.17, 15) is 5.11 Å². The van der Waals surface area contributed by atoms with Crippen LogP contribution in [0.15, 0.2) is 48.5 Å². The SMILES string of the molecule is COc1ccccc1[C@@H](O)c1nc2ccccc2n1C. The van der Waals surface area contributed by atoms with Gasteiger partial charge in [0.05, 0.1) is 18.1 Å². The summed E-state index contributed by atoms with van der Waals surface area (Å²) in [7, 11) is 3.50. The number of aryl methyl sites for hydroxylation is 1. The third-order valence-electron chi connectivity index (χ3n) is 3.50. The van der Waals surface area contributed by atoms with Crippen molar-refractivity contribution in [2.45, 2.75) is 6.10 Å². The first-order chi connectivity index (χ1) is 9.72. The van der Waals surface area contributed by atoms with Crippen LogP contribution in [0.4, 0.5) is 0 Å². The van der Waals surface area contributed by atoms with Crippen molar-refractivity contribution < 1.29 is 9.84 Å². The number of fused-ring (bicyclic) bond motifs is 1. The molecule has 20 heavy (non-hydrogen) atoms. The number of benzene rings is 2. The largest absolute Gasteiger partial charge is 0.496 e. The average molecular weight is 268 g/mol. The zero-order valence-corrected chi connectivity index (χ0v) is 11.4. The Kier molecular flexibility index (Phi) is 3.16. The van der Waals surface area contributed by atoms with Gasteiger partial charge in [-0.15, -0.1) is 0 Å². The normalized spacial score (nSPS) is 12.6. The number of nitrogens with zero attached hydrogens (tertiary/aromatic N) is 2. The van der Waals surface area contributed by atoms with Gasteiger partial charge in [-0.2, -0.15) is 0 Å². The molecule has 3 aromatic rings. The Morgan fingerprint density at radius 3 is 2.55 bits per heavy atom. The molecular weight excluding hydrogens is 252 g/mol. The summed E-state index contributed by atoms with van der Waals surface area (Å²) in [6, 6.07) is 15.3. The maximum Gasteiger partial charge on any atom is 0.143 e. The number of aliphatic hydroxyl groups excluding tert-OH is 1. The van der Waals surface area contributed by atoms with E-state index in [2.05, 4.69) is 4.98 Å². The molecule has 3 rings (SSSR count). The topological polar surface area (TPSA) is 47.3 Å². The molecule has 0 bridgehead atoms. The van der Waals surface area contributed by atoms with Gasteiger partial charge in [-0.25, -0.2) is 4.98 Å². The fourth-order valence-electron chi connectivity index (χ4n) is 2.44. The Balaban J connectivity index is 2.13. The van der Waals surface area contributed by atoms with Crippen molar-refractivity contribution >= 4 is 11.0 Å². The van der Waals surface area contributed by atoms with Crippen molar-refractivity contribution in [3.8, 4) is 5.75 Å². The maximum absolute atomic E-state index is 10.6. The lowest BCUT2D eigenvalue weighted by Gasteiger charge is -2.14. The average Bonchev–Trinajstić information content (AvgIpc) is 2.84. The number of aliphatic hydroxyl groups is 1. The van der Waals surface area contributed by atoms with Gasteiger partial charge in [0.15, 0.2) is 0 Å². The molecule has 4 nitrogen and oxygen atoms in total. The molecule has 1 atom stereocenters. The minimum absolute atomic E-state index is 0.607. The highest BCUT2D eigenvalue weighted by atomic mass is 16.5. The molecule has 1 heterocycles. The van der Waals surface area contributed by atoms with Gasteiger partial charge in [-0.3, -0.25) is 0 Å². The first kappa shape index (κ1) is 12.7. The quantitative estimate of drug-likeness (QED) is 0.794. The van der Waals surface area contributed by atoms with E-state index in [4.69, 9.17) is 4.74 Å². The van der Waals surface area contributed by atoms with E-state index in [1.807, 2.05) is 60.1 Å². The zero-order valence-electron chi connectivity index (χ0n) is 11.4. The van der Waals surface area contributed by atoms with Gasteiger partial charge in [0.2, 0.25) is 0 Å². The van der Waals surface area contributed by atoms with Crippen LogP contribution in [-0.2, 0) is 7.05 Å². The summed E-state index contributed by atoms with van der Waals surface area (Å²) in [5.74, 6) is 1.27. The standard InChI is InChI=1S/C16H16N2O2/c1-18-13-9-5-4-8-12(13)17-16(18)15(19)11-7-3-6-10-14(11)20-2/h3-10,15,19H,1-2H3/t15-/m1/s1. The second kappa shape index (κ2) is 4.98. The van der Waals surface area contributed by atoms with Crippen LogP contribution in [0.3, 0.4) is 0 Å². The Labute approximate surface area is 117 Å². The number of rotatable bonds is 3. The van der Waals surface area contributed by atoms with E-state index in [1.54, 1.807) is 7.11 Å². The summed E-state index contributed by atoms with van der Waals surface area (Å²) in [4.78, 5) is 4.52. The zero-order chi connectivity index (χ0) is 14.1. The van der Waals surface area contributed by atoms with Crippen molar-refractivity contribution in [3.63, 3.8) is 0 Å². The minimum Gasteiger partial charge on any atom is -0.496 e. The molecule has 0 aliphatic carbocycles. The van der Waals surface area contributed by atoms with E-state index in [-0.39, 0.29) is 0 Å². The van der Waals surface area contributed by atoms with E-state index in [0.29, 0.717) is 17.1 Å². The van der Waals surface area contributed by atoms with Crippen LogP contribution in [0.1, 0.15) is 17.5 Å². The maximum atomic E-state index is 10.6. The number of para-hydroxylation sites is 3. The summed E-state index contributed by atoms with van der Waals surface area (Å²) in [5.41, 5.74) is 2.59. The molecule has 4 heteroatoms. The number of hydrogen-bond acceptors (Lipinski definition) is 3. The van der Waals surface area contributed by atoms with Crippen LogP contribution < -0.4 is 4.74 Å². The number of aromatic nitrogens is 2. The van der Waals surface area contributed by atoms with Crippen LogP contribution in [-0.4, -0.2) is 21.8 Å². The highest BCUT2D eigenvalue weighted by molar-refractivity contribution is 5.76. The molecule has 0 aliphatic heterocycles. The lowest BCUT2D eigenvalue weighted by atomic mass is 10.1. The van der Waals surface area contributed by atoms with Gasteiger partial charge < -0.3 is 14.4 Å². The predicted molar refractivity (Wildman–Crippen MR) is 77.8 cm³/mol. The molecule has 0 aliphatic rings. The Hall–Kier alpha value is -2.33. The first-order valence-electron chi connectivity index (χ1n) is 6.44. The van der Waals surface area contributed by atoms with Gasteiger partial charge in [0.25, 0.3) is 0 Å². The Morgan fingerprint density at radius 2 is 1.80 bits per heavy atom. The highest BCUT2D eigenvalue weighted by Gasteiger charge is 2.20.